The Hall–Kier alpha value is -1.06. The van der Waals surface area contributed by atoms with E-state index in [0.29, 0.717) is 25.7 Å². The predicted molar refractivity (Wildman–Crippen MR) is 124 cm³/mol. The number of halogens is 1. The van der Waals surface area contributed by atoms with Crippen molar-refractivity contribution in [2.75, 3.05) is 45.3 Å². The van der Waals surface area contributed by atoms with Crippen molar-refractivity contribution < 1.29 is 14.2 Å². The third-order valence-corrected chi connectivity index (χ3v) is 3.29. The average Bonchev–Trinajstić information content (AvgIpc) is 2.59. The fourth-order valence-corrected chi connectivity index (χ4v) is 2.06. The van der Waals surface area contributed by atoms with Gasteiger partial charge in [-0.3, -0.25) is 4.99 Å². The van der Waals surface area contributed by atoms with Gasteiger partial charge in [0.05, 0.1) is 19.3 Å². The zero-order valence-corrected chi connectivity index (χ0v) is 19.6. The van der Waals surface area contributed by atoms with E-state index < -0.39 is 0 Å². The molecule has 156 valence electrons. The number of hydrogen-bond acceptors (Lipinski definition) is 4. The molecule has 0 amide bonds. The van der Waals surface area contributed by atoms with E-state index in [1.54, 1.807) is 7.11 Å². The minimum absolute atomic E-state index is 0. The predicted octanol–water partition coefficient (Wildman–Crippen LogP) is 4.16. The standard InChI is InChI=1S/C20H35N3O3.HI/c1-16(2)15-22-20(21-11-6-12-25-14-13-24-5)23-18-7-9-19(10-8-18)26-17(3)4;/h7-10,16-17H,6,11-15H2,1-5H3,(H2,21,22,23);1H. The molecule has 1 aromatic carbocycles. The van der Waals surface area contributed by atoms with Crippen LogP contribution < -0.4 is 15.4 Å². The summed E-state index contributed by atoms with van der Waals surface area (Å²) < 4.78 is 16.1. The zero-order chi connectivity index (χ0) is 19.2. The van der Waals surface area contributed by atoms with Crippen molar-refractivity contribution in [1.82, 2.24) is 5.32 Å². The molecule has 0 spiro atoms. The first-order valence-electron chi connectivity index (χ1n) is 9.40. The Balaban J connectivity index is 0.00000676. The van der Waals surface area contributed by atoms with Gasteiger partial charge in [0.25, 0.3) is 0 Å². The van der Waals surface area contributed by atoms with Gasteiger partial charge in [0, 0.05) is 32.5 Å². The number of nitrogens with zero attached hydrogens (tertiary/aromatic N) is 1. The average molecular weight is 493 g/mol. The van der Waals surface area contributed by atoms with E-state index in [2.05, 4.69) is 29.5 Å². The summed E-state index contributed by atoms with van der Waals surface area (Å²) in [4.78, 5) is 4.64. The van der Waals surface area contributed by atoms with E-state index in [1.807, 2.05) is 38.1 Å². The van der Waals surface area contributed by atoms with Crippen molar-refractivity contribution in [2.24, 2.45) is 10.9 Å². The third kappa shape index (κ3) is 13.7. The maximum atomic E-state index is 5.68. The van der Waals surface area contributed by atoms with Gasteiger partial charge < -0.3 is 24.8 Å². The molecule has 0 aliphatic rings. The first-order chi connectivity index (χ1) is 12.5. The Kier molecular flexibility index (Phi) is 15.3. The second kappa shape index (κ2) is 15.9. The molecule has 0 unspecified atom stereocenters. The van der Waals surface area contributed by atoms with Crippen molar-refractivity contribution in [3.63, 3.8) is 0 Å². The summed E-state index contributed by atoms with van der Waals surface area (Å²) in [6.45, 7) is 11.9. The van der Waals surface area contributed by atoms with E-state index in [9.17, 15) is 0 Å². The van der Waals surface area contributed by atoms with E-state index in [1.165, 1.54) is 0 Å². The van der Waals surface area contributed by atoms with Gasteiger partial charge in [-0.25, -0.2) is 0 Å². The SMILES string of the molecule is COCCOCCCNC(=NCC(C)C)Nc1ccc(OC(C)C)cc1.I. The number of guanidine groups is 1. The van der Waals surface area contributed by atoms with Gasteiger partial charge in [-0.05, 0) is 50.5 Å². The zero-order valence-electron chi connectivity index (χ0n) is 17.3. The highest BCUT2D eigenvalue weighted by Gasteiger charge is 2.03. The Morgan fingerprint density at radius 3 is 2.33 bits per heavy atom. The quantitative estimate of drug-likeness (QED) is 0.198. The van der Waals surface area contributed by atoms with Gasteiger partial charge in [-0.15, -0.1) is 24.0 Å². The van der Waals surface area contributed by atoms with E-state index in [4.69, 9.17) is 14.2 Å². The van der Waals surface area contributed by atoms with Crippen molar-refractivity contribution in [3.8, 4) is 5.75 Å². The molecule has 7 heteroatoms. The van der Waals surface area contributed by atoms with Crippen LogP contribution in [0, 0.1) is 5.92 Å². The molecular formula is C20H36IN3O3. The van der Waals surface area contributed by atoms with Crippen LogP contribution in [0.2, 0.25) is 0 Å². The highest BCUT2D eigenvalue weighted by molar-refractivity contribution is 14.0. The topological polar surface area (TPSA) is 64.1 Å². The van der Waals surface area contributed by atoms with Crippen LogP contribution in [0.15, 0.2) is 29.3 Å². The van der Waals surface area contributed by atoms with Gasteiger partial charge in [-0.2, -0.15) is 0 Å². The molecule has 2 N–H and O–H groups in total. The van der Waals surface area contributed by atoms with Crippen LogP contribution in [0.3, 0.4) is 0 Å². The molecule has 0 aromatic heterocycles. The number of nitrogens with one attached hydrogen (secondary N) is 2. The number of ether oxygens (including phenoxy) is 3. The number of rotatable bonds is 12. The van der Waals surface area contributed by atoms with E-state index in [0.717, 1.165) is 36.9 Å². The van der Waals surface area contributed by atoms with E-state index >= 15 is 0 Å². The van der Waals surface area contributed by atoms with Crippen LogP contribution in [-0.2, 0) is 9.47 Å². The summed E-state index contributed by atoms with van der Waals surface area (Å²) in [6, 6.07) is 7.92. The molecule has 0 atom stereocenters. The fourth-order valence-electron chi connectivity index (χ4n) is 2.06. The van der Waals surface area contributed by atoms with Gasteiger partial charge in [-0.1, -0.05) is 13.8 Å². The highest BCUT2D eigenvalue weighted by atomic mass is 127. The summed E-state index contributed by atoms with van der Waals surface area (Å²) in [6.07, 6.45) is 1.08. The van der Waals surface area contributed by atoms with Gasteiger partial charge in [0.1, 0.15) is 5.75 Å². The van der Waals surface area contributed by atoms with Crippen LogP contribution in [-0.4, -0.2) is 52.1 Å². The minimum atomic E-state index is 0. The second-order valence-corrected chi connectivity index (χ2v) is 6.78. The summed E-state index contributed by atoms with van der Waals surface area (Å²) >= 11 is 0. The lowest BCUT2D eigenvalue weighted by Gasteiger charge is -2.14. The van der Waals surface area contributed by atoms with Gasteiger partial charge >= 0.3 is 0 Å². The lowest BCUT2D eigenvalue weighted by atomic mass is 10.2. The summed E-state index contributed by atoms with van der Waals surface area (Å²) in [5, 5.41) is 6.71. The summed E-state index contributed by atoms with van der Waals surface area (Å²) in [5.41, 5.74) is 0.979. The second-order valence-electron chi connectivity index (χ2n) is 6.78. The molecule has 0 bridgehead atoms. The lowest BCUT2D eigenvalue weighted by molar-refractivity contribution is 0.0699. The summed E-state index contributed by atoms with van der Waals surface area (Å²) in [7, 11) is 1.68. The first kappa shape index (κ1) is 25.9. The highest BCUT2D eigenvalue weighted by Crippen LogP contribution is 2.16. The van der Waals surface area contributed by atoms with Crippen LogP contribution in [0.25, 0.3) is 0 Å². The monoisotopic (exact) mass is 493 g/mol. The molecule has 0 saturated carbocycles. The number of aliphatic imine (C=N–C) groups is 1. The normalized spacial score (nSPS) is 11.4. The van der Waals surface area contributed by atoms with Gasteiger partial charge in [0.2, 0.25) is 0 Å². The molecule has 1 rings (SSSR count). The Labute approximate surface area is 181 Å². The Morgan fingerprint density at radius 2 is 1.74 bits per heavy atom. The lowest BCUT2D eigenvalue weighted by Crippen LogP contribution is -2.32. The van der Waals surface area contributed by atoms with Crippen molar-refractivity contribution in [2.45, 2.75) is 40.2 Å². The van der Waals surface area contributed by atoms with Crippen LogP contribution in [0.5, 0.6) is 5.75 Å². The largest absolute Gasteiger partial charge is 0.491 e. The molecule has 6 nitrogen and oxygen atoms in total. The van der Waals surface area contributed by atoms with Crippen LogP contribution in [0.4, 0.5) is 5.69 Å². The number of hydrogen-bond donors (Lipinski definition) is 2. The first-order valence-corrected chi connectivity index (χ1v) is 9.40. The molecule has 0 fully saturated rings. The van der Waals surface area contributed by atoms with Crippen LogP contribution in [0.1, 0.15) is 34.1 Å². The third-order valence-electron chi connectivity index (χ3n) is 3.29. The van der Waals surface area contributed by atoms with Crippen molar-refractivity contribution in [3.05, 3.63) is 24.3 Å². The number of benzene rings is 1. The number of methoxy groups -OCH3 is 1. The maximum Gasteiger partial charge on any atom is 0.195 e. The van der Waals surface area contributed by atoms with Crippen LogP contribution >= 0.6 is 24.0 Å². The molecule has 0 aliphatic carbocycles. The fraction of sp³-hybridized carbons (Fsp3) is 0.650. The molecule has 0 aliphatic heterocycles. The maximum absolute atomic E-state index is 5.68. The van der Waals surface area contributed by atoms with E-state index in [-0.39, 0.29) is 30.1 Å². The Bertz CT molecular complexity index is 508. The molecule has 1 aromatic rings. The summed E-state index contributed by atoms with van der Waals surface area (Å²) in [5.74, 6) is 2.16. The smallest absolute Gasteiger partial charge is 0.195 e. The minimum Gasteiger partial charge on any atom is -0.491 e. The molecule has 0 heterocycles. The van der Waals surface area contributed by atoms with Gasteiger partial charge in [0.15, 0.2) is 5.96 Å². The van der Waals surface area contributed by atoms with Crippen molar-refractivity contribution in [1.29, 1.82) is 0 Å². The molecular weight excluding hydrogens is 457 g/mol. The molecule has 27 heavy (non-hydrogen) atoms. The Morgan fingerprint density at radius 1 is 1.04 bits per heavy atom. The molecule has 0 radical (unpaired) electrons. The van der Waals surface area contributed by atoms with Crippen molar-refractivity contribution >= 4 is 35.6 Å². The number of anilines is 1. The molecule has 0 saturated heterocycles.